The van der Waals surface area contributed by atoms with Crippen molar-refractivity contribution in [3.63, 3.8) is 0 Å². The number of hydrogen-bond donors (Lipinski definition) is 2. The van der Waals surface area contributed by atoms with E-state index in [1.165, 1.54) is 4.90 Å². The number of hydrogen-bond acceptors (Lipinski definition) is 3. The van der Waals surface area contributed by atoms with Gasteiger partial charge >= 0.3 is 5.97 Å². The van der Waals surface area contributed by atoms with Crippen molar-refractivity contribution in [2.75, 3.05) is 6.54 Å². The van der Waals surface area contributed by atoms with E-state index in [-0.39, 0.29) is 17.2 Å². The van der Waals surface area contributed by atoms with Crippen LogP contribution in [0.15, 0.2) is 0 Å². The Labute approximate surface area is 102 Å². The third-order valence-electron chi connectivity index (χ3n) is 3.28. The first-order chi connectivity index (χ1) is 7.64. The Balaban J connectivity index is 2.84. The first-order valence-corrected chi connectivity index (χ1v) is 5.93. The molecule has 0 aromatic carbocycles. The second-order valence-corrected chi connectivity index (χ2v) is 6.03. The summed E-state index contributed by atoms with van der Waals surface area (Å²) >= 11 is 0. The molecule has 0 aromatic heterocycles. The lowest BCUT2D eigenvalue weighted by Crippen LogP contribution is -2.53. The number of carboxylic acids is 1. The minimum Gasteiger partial charge on any atom is -0.480 e. The fraction of sp³-hybridized carbons (Fsp3) is 0.833. The second kappa shape index (κ2) is 4.64. The Kier molecular flexibility index (Phi) is 3.81. The number of carboxylic acid groups (broad SMARTS) is 1. The third-order valence-corrected chi connectivity index (χ3v) is 3.28. The fourth-order valence-electron chi connectivity index (χ4n) is 2.07. The molecule has 5 heteroatoms. The van der Waals surface area contributed by atoms with Gasteiger partial charge in [-0.3, -0.25) is 4.79 Å². The molecule has 3 atom stereocenters. The van der Waals surface area contributed by atoms with E-state index >= 15 is 0 Å². The summed E-state index contributed by atoms with van der Waals surface area (Å²) in [4.78, 5) is 24.7. The molecule has 98 valence electrons. The highest BCUT2D eigenvalue weighted by Gasteiger charge is 2.41. The molecule has 1 aliphatic heterocycles. The summed E-state index contributed by atoms with van der Waals surface area (Å²) in [7, 11) is 0. The van der Waals surface area contributed by atoms with Gasteiger partial charge in [-0.05, 0) is 17.8 Å². The molecule has 0 saturated carbocycles. The molecule has 5 nitrogen and oxygen atoms in total. The van der Waals surface area contributed by atoms with Crippen LogP contribution in [0.1, 0.15) is 34.1 Å². The van der Waals surface area contributed by atoms with E-state index in [2.05, 4.69) is 0 Å². The topological polar surface area (TPSA) is 83.6 Å². The van der Waals surface area contributed by atoms with Crippen LogP contribution in [-0.2, 0) is 9.59 Å². The molecule has 1 saturated heterocycles. The Bertz CT molecular complexity index is 322. The quantitative estimate of drug-likeness (QED) is 0.746. The molecule has 0 spiro atoms. The molecule has 1 heterocycles. The van der Waals surface area contributed by atoms with Gasteiger partial charge in [0.2, 0.25) is 5.91 Å². The normalized spacial score (nSPS) is 27.0. The van der Waals surface area contributed by atoms with Crippen LogP contribution in [0.3, 0.4) is 0 Å². The van der Waals surface area contributed by atoms with Gasteiger partial charge in [0.15, 0.2) is 0 Å². The molecule has 1 amide bonds. The highest BCUT2D eigenvalue weighted by molar-refractivity contribution is 5.88. The maximum absolute atomic E-state index is 12.2. The molecule has 1 fully saturated rings. The molecular formula is C12H22N2O3. The fourth-order valence-corrected chi connectivity index (χ4v) is 2.07. The summed E-state index contributed by atoms with van der Waals surface area (Å²) in [5, 5.41) is 9.10. The van der Waals surface area contributed by atoms with E-state index < -0.39 is 18.1 Å². The van der Waals surface area contributed by atoms with Crippen LogP contribution in [0.25, 0.3) is 0 Å². The average Bonchev–Trinajstić information content (AvgIpc) is 2.56. The van der Waals surface area contributed by atoms with Crippen LogP contribution in [0.4, 0.5) is 0 Å². The number of nitrogens with zero attached hydrogens (tertiary/aromatic N) is 1. The number of rotatable bonds is 2. The van der Waals surface area contributed by atoms with Crippen molar-refractivity contribution < 1.29 is 14.7 Å². The predicted molar refractivity (Wildman–Crippen MR) is 64.3 cm³/mol. The standard InChI is InChI=1S/C12H22N2O3/c1-7-5-8(11(16)17)14(6-7)10(15)9(13)12(2,3)4/h7-9H,5-6,13H2,1-4H3,(H,16,17)/t7-,8+,9-/m1/s1. The minimum absolute atomic E-state index is 0.215. The monoisotopic (exact) mass is 242 g/mol. The van der Waals surface area contributed by atoms with Crippen LogP contribution in [0.2, 0.25) is 0 Å². The highest BCUT2D eigenvalue weighted by Crippen LogP contribution is 2.27. The zero-order chi connectivity index (χ0) is 13.4. The molecule has 1 rings (SSSR count). The lowest BCUT2D eigenvalue weighted by molar-refractivity contribution is -0.149. The zero-order valence-corrected chi connectivity index (χ0v) is 10.9. The number of carbonyl (C=O) groups excluding carboxylic acids is 1. The van der Waals surface area contributed by atoms with Crippen molar-refractivity contribution in [2.24, 2.45) is 17.1 Å². The van der Waals surface area contributed by atoms with E-state index in [4.69, 9.17) is 10.8 Å². The highest BCUT2D eigenvalue weighted by atomic mass is 16.4. The minimum atomic E-state index is -0.941. The molecule has 0 bridgehead atoms. The van der Waals surface area contributed by atoms with Gasteiger partial charge in [0.1, 0.15) is 6.04 Å². The molecule has 17 heavy (non-hydrogen) atoms. The van der Waals surface area contributed by atoms with Crippen molar-refractivity contribution in [3.8, 4) is 0 Å². The smallest absolute Gasteiger partial charge is 0.326 e. The van der Waals surface area contributed by atoms with Crippen LogP contribution in [-0.4, -0.2) is 40.5 Å². The SMILES string of the molecule is C[C@@H]1C[C@@H](C(=O)O)N(C(=O)[C@@H](N)C(C)(C)C)C1. The van der Waals surface area contributed by atoms with Crippen LogP contribution in [0.5, 0.6) is 0 Å². The van der Waals surface area contributed by atoms with Gasteiger partial charge in [0.25, 0.3) is 0 Å². The maximum atomic E-state index is 12.2. The summed E-state index contributed by atoms with van der Waals surface area (Å²) in [5.41, 5.74) is 5.54. The maximum Gasteiger partial charge on any atom is 0.326 e. The van der Waals surface area contributed by atoms with Crippen LogP contribution in [0, 0.1) is 11.3 Å². The Morgan fingerprint density at radius 3 is 2.35 bits per heavy atom. The Hall–Kier alpha value is -1.10. The van der Waals surface area contributed by atoms with Gasteiger partial charge in [0.05, 0.1) is 6.04 Å². The first-order valence-electron chi connectivity index (χ1n) is 5.93. The summed E-state index contributed by atoms with van der Waals surface area (Å²) in [6, 6.07) is -1.37. The van der Waals surface area contributed by atoms with E-state index in [0.717, 1.165) is 0 Å². The molecule has 3 N–H and O–H groups in total. The molecule has 0 aliphatic carbocycles. The summed E-state index contributed by atoms with van der Waals surface area (Å²) in [5.74, 6) is -0.981. The van der Waals surface area contributed by atoms with E-state index in [1.54, 1.807) is 0 Å². The largest absolute Gasteiger partial charge is 0.480 e. The van der Waals surface area contributed by atoms with Crippen molar-refractivity contribution in [1.82, 2.24) is 4.90 Å². The lowest BCUT2D eigenvalue weighted by atomic mass is 9.86. The van der Waals surface area contributed by atoms with Crippen LogP contribution < -0.4 is 5.73 Å². The summed E-state index contributed by atoms with van der Waals surface area (Å²) in [6.45, 7) is 8.08. The van der Waals surface area contributed by atoms with Gasteiger partial charge in [-0.25, -0.2) is 4.79 Å². The number of nitrogens with two attached hydrogens (primary N) is 1. The Morgan fingerprint density at radius 2 is 1.94 bits per heavy atom. The first kappa shape index (κ1) is 14.0. The number of carbonyl (C=O) groups is 2. The summed E-state index contributed by atoms with van der Waals surface area (Å²) < 4.78 is 0. The van der Waals surface area contributed by atoms with E-state index in [1.807, 2.05) is 27.7 Å². The van der Waals surface area contributed by atoms with Gasteiger partial charge in [-0.1, -0.05) is 27.7 Å². The number of aliphatic carboxylic acids is 1. The molecule has 0 unspecified atom stereocenters. The average molecular weight is 242 g/mol. The van der Waals surface area contributed by atoms with Gasteiger partial charge in [0, 0.05) is 6.54 Å². The third kappa shape index (κ3) is 2.97. The molecular weight excluding hydrogens is 220 g/mol. The van der Waals surface area contributed by atoms with Crippen LogP contribution >= 0.6 is 0 Å². The second-order valence-electron chi connectivity index (χ2n) is 6.03. The molecule has 0 radical (unpaired) electrons. The van der Waals surface area contributed by atoms with Crippen molar-refractivity contribution in [1.29, 1.82) is 0 Å². The van der Waals surface area contributed by atoms with E-state index in [9.17, 15) is 9.59 Å². The predicted octanol–water partition coefficient (Wildman–Crippen LogP) is 0.681. The van der Waals surface area contributed by atoms with Crippen molar-refractivity contribution in [2.45, 2.75) is 46.2 Å². The van der Waals surface area contributed by atoms with Gasteiger partial charge < -0.3 is 15.7 Å². The number of amides is 1. The zero-order valence-electron chi connectivity index (χ0n) is 10.9. The Morgan fingerprint density at radius 1 is 1.41 bits per heavy atom. The lowest BCUT2D eigenvalue weighted by Gasteiger charge is -2.31. The number of likely N-dealkylation sites (tertiary alicyclic amines) is 1. The van der Waals surface area contributed by atoms with Gasteiger partial charge in [-0.2, -0.15) is 0 Å². The van der Waals surface area contributed by atoms with E-state index in [0.29, 0.717) is 13.0 Å². The van der Waals surface area contributed by atoms with Gasteiger partial charge in [-0.15, -0.1) is 0 Å². The van der Waals surface area contributed by atoms with Crippen molar-refractivity contribution in [3.05, 3.63) is 0 Å². The molecule has 0 aromatic rings. The summed E-state index contributed by atoms with van der Waals surface area (Å²) in [6.07, 6.45) is 0.512. The van der Waals surface area contributed by atoms with Crippen molar-refractivity contribution >= 4 is 11.9 Å². The molecule has 1 aliphatic rings.